The maximum absolute atomic E-state index is 12.0. The van der Waals surface area contributed by atoms with Crippen LogP contribution in [0.3, 0.4) is 0 Å². The lowest BCUT2D eigenvalue weighted by atomic mass is 10.2. The van der Waals surface area contributed by atoms with Crippen molar-refractivity contribution in [3.05, 3.63) is 29.4 Å². The first-order valence-corrected chi connectivity index (χ1v) is 8.25. The first-order chi connectivity index (χ1) is 12.1. The van der Waals surface area contributed by atoms with Crippen molar-refractivity contribution in [1.29, 1.82) is 0 Å². The largest absolute Gasteiger partial charge is 0.378 e. The Morgan fingerprint density at radius 1 is 1.24 bits per heavy atom. The Hall–Kier alpha value is -2.68. The van der Waals surface area contributed by atoms with E-state index < -0.39 is 0 Å². The van der Waals surface area contributed by atoms with Crippen molar-refractivity contribution < 1.29 is 14.1 Å². The maximum Gasteiger partial charge on any atom is 0.256 e. The highest BCUT2D eigenvalue weighted by atomic mass is 16.5. The normalized spacial score (nSPS) is 14.4. The lowest BCUT2D eigenvalue weighted by molar-refractivity contribution is 0.0953. The van der Waals surface area contributed by atoms with Gasteiger partial charge in [0.25, 0.3) is 5.91 Å². The summed E-state index contributed by atoms with van der Waals surface area (Å²) in [5, 5.41) is 9.63. The Bertz CT molecular complexity index is 726. The highest BCUT2D eigenvalue weighted by Gasteiger charge is 2.14. The average Bonchev–Trinajstić information content (AvgIpc) is 3.05. The van der Waals surface area contributed by atoms with Gasteiger partial charge in [0, 0.05) is 32.2 Å². The van der Waals surface area contributed by atoms with Crippen molar-refractivity contribution in [2.24, 2.45) is 0 Å². The first-order valence-electron chi connectivity index (χ1n) is 8.25. The van der Waals surface area contributed by atoms with Gasteiger partial charge in [0.2, 0.25) is 0 Å². The zero-order valence-corrected chi connectivity index (χ0v) is 14.4. The lowest BCUT2D eigenvalue weighted by Crippen LogP contribution is -2.37. The summed E-state index contributed by atoms with van der Waals surface area (Å²) in [7, 11) is 0. The predicted octanol–water partition coefficient (Wildman–Crippen LogP) is 0.760. The zero-order chi connectivity index (χ0) is 17.6. The van der Waals surface area contributed by atoms with E-state index in [9.17, 15) is 4.79 Å². The van der Waals surface area contributed by atoms with Gasteiger partial charge in [0.05, 0.1) is 19.4 Å². The summed E-state index contributed by atoms with van der Waals surface area (Å²) in [6, 6.07) is 1.92. The molecule has 0 aliphatic carbocycles. The van der Waals surface area contributed by atoms with Crippen LogP contribution in [0.1, 0.15) is 21.9 Å². The van der Waals surface area contributed by atoms with Gasteiger partial charge in [0.15, 0.2) is 0 Å². The van der Waals surface area contributed by atoms with Crippen LogP contribution >= 0.6 is 0 Å². The van der Waals surface area contributed by atoms with Crippen LogP contribution in [0.2, 0.25) is 0 Å². The summed E-state index contributed by atoms with van der Waals surface area (Å²) in [5.41, 5.74) is 0.451. The average molecular weight is 346 g/mol. The second-order valence-electron chi connectivity index (χ2n) is 5.74. The molecule has 1 aliphatic heterocycles. The molecule has 9 heteroatoms. The monoisotopic (exact) mass is 346 g/mol. The van der Waals surface area contributed by atoms with Gasteiger partial charge in [-0.05, 0) is 13.8 Å². The third-order valence-corrected chi connectivity index (χ3v) is 3.87. The number of morpholine rings is 1. The number of rotatable bonds is 6. The molecule has 1 amide bonds. The smallest absolute Gasteiger partial charge is 0.256 e. The number of amides is 1. The Balaban J connectivity index is 1.52. The molecule has 1 saturated heterocycles. The molecule has 0 bridgehead atoms. The number of carbonyl (C=O) groups is 1. The minimum Gasteiger partial charge on any atom is -0.378 e. The number of carbonyl (C=O) groups excluding carboxylic acids is 1. The molecule has 0 spiro atoms. The van der Waals surface area contributed by atoms with Crippen LogP contribution in [-0.4, -0.2) is 60.4 Å². The molecule has 2 aromatic rings. The van der Waals surface area contributed by atoms with Gasteiger partial charge in [0.1, 0.15) is 28.8 Å². The fraction of sp³-hybridized carbons (Fsp3) is 0.500. The van der Waals surface area contributed by atoms with E-state index >= 15 is 0 Å². The summed E-state index contributed by atoms with van der Waals surface area (Å²) in [6.07, 6.45) is 1.42. The molecule has 0 radical (unpaired) electrons. The SMILES string of the molecule is Cc1nc(NCCNC(=O)c2cnoc2C)cc(N2CCOCC2)n1. The number of nitrogens with one attached hydrogen (secondary N) is 2. The van der Waals surface area contributed by atoms with Crippen LogP contribution in [0.15, 0.2) is 16.8 Å². The van der Waals surface area contributed by atoms with Crippen LogP contribution in [0.25, 0.3) is 0 Å². The second-order valence-corrected chi connectivity index (χ2v) is 5.74. The minimum atomic E-state index is -0.201. The number of hydrogen-bond acceptors (Lipinski definition) is 8. The molecule has 0 atom stereocenters. The summed E-state index contributed by atoms with van der Waals surface area (Å²) in [4.78, 5) is 23.0. The Kier molecular flexibility index (Phi) is 5.44. The summed E-state index contributed by atoms with van der Waals surface area (Å²) < 4.78 is 10.3. The molecule has 134 valence electrons. The predicted molar refractivity (Wildman–Crippen MR) is 91.9 cm³/mol. The van der Waals surface area contributed by atoms with Gasteiger partial charge in [-0.1, -0.05) is 5.16 Å². The highest BCUT2D eigenvalue weighted by molar-refractivity contribution is 5.94. The van der Waals surface area contributed by atoms with Crippen molar-refractivity contribution in [1.82, 2.24) is 20.4 Å². The van der Waals surface area contributed by atoms with E-state index in [4.69, 9.17) is 9.26 Å². The number of anilines is 2. The summed E-state index contributed by atoms with van der Waals surface area (Å²) in [5.74, 6) is 2.64. The van der Waals surface area contributed by atoms with E-state index in [0.29, 0.717) is 43.5 Å². The molecule has 3 heterocycles. The third-order valence-electron chi connectivity index (χ3n) is 3.87. The molecule has 25 heavy (non-hydrogen) atoms. The van der Waals surface area contributed by atoms with Crippen LogP contribution < -0.4 is 15.5 Å². The lowest BCUT2D eigenvalue weighted by Gasteiger charge is -2.28. The van der Waals surface area contributed by atoms with Crippen molar-refractivity contribution in [2.75, 3.05) is 49.6 Å². The maximum atomic E-state index is 12.0. The van der Waals surface area contributed by atoms with Crippen molar-refractivity contribution >= 4 is 17.5 Å². The highest BCUT2D eigenvalue weighted by Crippen LogP contribution is 2.16. The van der Waals surface area contributed by atoms with E-state index in [0.717, 1.165) is 24.7 Å². The molecule has 0 unspecified atom stereocenters. The molecular formula is C16H22N6O3. The fourth-order valence-corrected chi connectivity index (χ4v) is 2.58. The first kappa shape index (κ1) is 17.2. The second kappa shape index (κ2) is 7.93. The third kappa shape index (κ3) is 4.44. The molecule has 3 rings (SSSR count). The zero-order valence-electron chi connectivity index (χ0n) is 14.4. The van der Waals surface area contributed by atoms with Crippen molar-refractivity contribution in [3.63, 3.8) is 0 Å². The minimum absolute atomic E-state index is 0.201. The van der Waals surface area contributed by atoms with Crippen LogP contribution in [0.4, 0.5) is 11.6 Å². The fourth-order valence-electron chi connectivity index (χ4n) is 2.58. The number of aromatic nitrogens is 3. The van der Waals surface area contributed by atoms with Gasteiger partial charge >= 0.3 is 0 Å². The molecule has 0 aromatic carbocycles. The molecular weight excluding hydrogens is 324 g/mol. The topological polar surface area (TPSA) is 105 Å². The van der Waals surface area contributed by atoms with Gasteiger partial charge in [-0.2, -0.15) is 0 Å². The number of ether oxygens (including phenoxy) is 1. The molecule has 1 aliphatic rings. The van der Waals surface area contributed by atoms with E-state index in [-0.39, 0.29) is 5.91 Å². The van der Waals surface area contributed by atoms with Crippen LogP contribution in [0.5, 0.6) is 0 Å². The number of nitrogens with zero attached hydrogens (tertiary/aromatic N) is 4. The Labute approximate surface area is 145 Å². The van der Waals surface area contributed by atoms with E-state index in [1.165, 1.54) is 6.20 Å². The van der Waals surface area contributed by atoms with Crippen molar-refractivity contribution in [2.45, 2.75) is 13.8 Å². The molecule has 9 nitrogen and oxygen atoms in total. The van der Waals surface area contributed by atoms with Gasteiger partial charge in [-0.25, -0.2) is 9.97 Å². The van der Waals surface area contributed by atoms with E-state index in [1.54, 1.807) is 6.92 Å². The Morgan fingerprint density at radius 3 is 2.76 bits per heavy atom. The summed E-state index contributed by atoms with van der Waals surface area (Å²) >= 11 is 0. The molecule has 0 saturated carbocycles. The molecule has 1 fully saturated rings. The van der Waals surface area contributed by atoms with E-state index in [2.05, 4.69) is 30.7 Å². The van der Waals surface area contributed by atoms with Gasteiger partial charge in [-0.15, -0.1) is 0 Å². The van der Waals surface area contributed by atoms with Gasteiger partial charge < -0.3 is 24.8 Å². The standard InChI is InChI=1S/C16H22N6O3/c1-11-13(10-19-25-11)16(23)18-4-3-17-14-9-15(21-12(2)20-14)22-5-7-24-8-6-22/h9-10H,3-8H2,1-2H3,(H,18,23)(H,17,20,21). The van der Waals surface area contributed by atoms with Gasteiger partial charge in [-0.3, -0.25) is 4.79 Å². The quantitative estimate of drug-likeness (QED) is 0.739. The summed E-state index contributed by atoms with van der Waals surface area (Å²) in [6.45, 7) is 7.64. The van der Waals surface area contributed by atoms with Crippen LogP contribution in [0, 0.1) is 13.8 Å². The number of hydrogen-bond donors (Lipinski definition) is 2. The van der Waals surface area contributed by atoms with E-state index in [1.807, 2.05) is 13.0 Å². The van der Waals surface area contributed by atoms with Crippen molar-refractivity contribution in [3.8, 4) is 0 Å². The number of aryl methyl sites for hydroxylation is 2. The molecule has 2 aromatic heterocycles. The Morgan fingerprint density at radius 2 is 2.04 bits per heavy atom. The molecule has 2 N–H and O–H groups in total. The van der Waals surface area contributed by atoms with Crippen LogP contribution in [-0.2, 0) is 4.74 Å².